The molecule has 36 heavy (non-hydrogen) atoms. The van der Waals surface area contributed by atoms with Gasteiger partial charge in [0.05, 0.1) is 13.2 Å². The number of rotatable bonds is 7. The summed E-state index contributed by atoms with van der Waals surface area (Å²) in [6.45, 7) is 1.63. The number of nitrogens with one attached hydrogen (secondary N) is 1. The highest BCUT2D eigenvalue weighted by Crippen LogP contribution is 2.50. The van der Waals surface area contributed by atoms with Gasteiger partial charge in [-0.25, -0.2) is 4.79 Å². The van der Waals surface area contributed by atoms with E-state index in [1.807, 2.05) is 60.7 Å². The largest absolute Gasteiger partial charge is 0.387 e. The Labute approximate surface area is 206 Å². The molecule has 2 heterocycles. The summed E-state index contributed by atoms with van der Waals surface area (Å²) < 4.78 is 19.3. The topological polar surface area (TPSA) is 143 Å². The van der Waals surface area contributed by atoms with Crippen molar-refractivity contribution in [1.29, 1.82) is 0 Å². The molecule has 5 rings (SSSR count). The Morgan fingerprint density at radius 3 is 2.19 bits per heavy atom. The number of aromatic nitrogens is 2. The number of nitrogens with zero attached hydrogens (tertiary/aromatic N) is 1. The summed E-state index contributed by atoms with van der Waals surface area (Å²) in [4.78, 5) is 26.7. The van der Waals surface area contributed by atoms with Gasteiger partial charge in [0, 0.05) is 11.8 Å². The van der Waals surface area contributed by atoms with Crippen molar-refractivity contribution in [2.24, 2.45) is 0 Å². The normalized spacial score (nSPS) is 31.4. The zero-order valence-electron chi connectivity index (χ0n) is 19.6. The summed E-state index contributed by atoms with van der Waals surface area (Å²) in [6.07, 6.45) is -6.83. The Bertz CT molecular complexity index is 1310. The van der Waals surface area contributed by atoms with Crippen LogP contribution in [0.5, 0.6) is 0 Å². The molecular weight excluding hydrogens is 468 g/mol. The van der Waals surface area contributed by atoms with Crippen molar-refractivity contribution in [1.82, 2.24) is 9.55 Å². The van der Waals surface area contributed by atoms with E-state index in [1.165, 1.54) is 13.1 Å². The van der Waals surface area contributed by atoms with E-state index in [1.54, 1.807) is 0 Å². The van der Waals surface area contributed by atoms with Gasteiger partial charge < -0.3 is 29.5 Å². The maximum atomic E-state index is 12.6. The minimum absolute atomic E-state index is 0.000779. The summed E-state index contributed by atoms with van der Waals surface area (Å²) in [6, 6.07) is 18.4. The van der Waals surface area contributed by atoms with Gasteiger partial charge in [0.25, 0.3) is 5.56 Å². The van der Waals surface area contributed by atoms with Crippen LogP contribution in [0.25, 0.3) is 0 Å². The maximum Gasteiger partial charge on any atom is 0.330 e. The SMILES string of the molecule is Cc1cn([C@@H]2O[C@@H]3[C@H](OCc4ccccc4)[C@H](O)[C@H](O)[C@]3(OCc3ccccc3)[C@H]2O)c(=O)[nH]c1=O. The lowest BCUT2D eigenvalue weighted by Gasteiger charge is -2.35. The highest BCUT2D eigenvalue weighted by atomic mass is 16.6. The van der Waals surface area contributed by atoms with Crippen LogP contribution in [0.3, 0.4) is 0 Å². The number of benzene rings is 2. The van der Waals surface area contributed by atoms with Crippen molar-refractivity contribution < 1.29 is 29.5 Å². The van der Waals surface area contributed by atoms with Gasteiger partial charge in [0.2, 0.25) is 0 Å². The van der Waals surface area contributed by atoms with E-state index in [4.69, 9.17) is 14.2 Å². The molecule has 10 nitrogen and oxygen atoms in total. The molecule has 1 saturated heterocycles. The van der Waals surface area contributed by atoms with Crippen molar-refractivity contribution in [2.45, 2.75) is 62.5 Å². The average molecular weight is 497 g/mol. The number of fused-ring (bicyclic) bond motifs is 1. The second kappa shape index (κ2) is 9.74. The third-order valence-electron chi connectivity index (χ3n) is 6.92. The van der Waals surface area contributed by atoms with E-state index in [9.17, 15) is 24.9 Å². The smallest absolute Gasteiger partial charge is 0.330 e. The highest BCUT2D eigenvalue weighted by molar-refractivity contribution is 5.22. The molecule has 7 atom stereocenters. The Hall–Kier alpha value is -3.12. The summed E-state index contributed by atoms with van der Waals surface area (Å²) in [5.41, 5.74) is -1.31. The second-order valence-corrected chi connectivity index (χ2v) is 9.20. The van der Waals surface area contributed by atoms with E-state index in [0.29, 0.717) is 0 Å². The van der Waals surface area contributed by atoms with Crippen LogP contribution in [0.15, 0.2) is 76.4 Å². The third kappa shape index (κ3) is 4.11. The van der Waals surface area contributed by atoms with Gasteiger partial charge in [-0.1, -0.05) is 60.7 Å². The highest BCUT2D eigenvalue weighted by Gasteiger charge is 2.72. The first-order chi connectivity index (χ1) is 17.3. The summed E-state index contributed by atoms with van der Waals surface area (Å²) in [5.74, 6) is 0. The van der Waals surface area contributed by atoms with Gasteiger partial charge in [-0.2, -0.15) is 0 Å². The molecule has 1 saturated carbocycles. The number of aliphatic hydroxyl groups excluding tert-OH is 3. The Kier molecular flexibility index (Phi) is 6.64. The van der Waals surface area contributed by atoms with Crippen LogP contribution < -0.4 is 11.2 Å². The molecule has 2 aliphatic rings. The molecule has 0 radical (unpaired) electrons. The standard InChI is InChI=1S/C26H28N2O8/c1-15-12-28(25(33)27-23(15)32)24-21(31)26(35-14-17-10-6-3-7-11-17)20(30)18(29)19(22(26)36-24)34-13-16-8-4-2-5-9-16/h2-12,18-22,24,29-31H,13-14H2,1H3,(H,27,32,33)/t18-,19+,20-,21-,22+,24+,26-/m0/s1. The van der Waals surface area contributed by atoms with Gasteiger partial charge in [0.15, 0.2) is 11.8 Å². The molecule has 4 N–H and O–H groups in total. The zero-order valence-corrected chi connectivity index (χ0v) is 19.6. The molecule has 0 bridgehead atoms. The fraction of sp³-hybridized carbons (Fsp3) is 0.385. The van der Waals surface area contributed by atoms with Gasteiger partial charge in [-0.05, 0) is 18.1 Å². The first-order valence-corrected chi connectivity index (χ1v) is 11.7. The van der Waals surface area contributed by atoms with Crippen LogP contribution in [0.4, 0.5) is 0 Å². The van der Waals surface area contributed by atoms with Crippen LogP contribution in [0.2, 0.25) is 0 Å². The van der Waals surface area contributed by atoms with Gasteiger partial charge in [-0.3, -0.25) is 14.3 Å². The van der Waals surface area contributed by atoms with Crippen molar-refractivity contribution in [3.8, 4) is 0 Å². The monoisotopic (exact) mass is 496 g/mol. The summed E-state index contributed by atoms with van der Waals surface area (Å²) in [5, 5.41) is 33.7. The van der Waals surface area contributed by atoms with Gasteiger partial charge in [0.1, 0.15) is 30.5 Å². The first-order valence-electron chi connectivity index (χ1n) is 11.7. The zero-order chi connectivity index (χ0) is 25.4. The van der Waals surface area contributed by atoms with Crippen LogP contribution in [0.1, 0.15) is 22.9 Å². The Morgan fingerprint density at radius 2 is 1.56 bits per heavy atom. The number of H-pyrrole nitrogens is 1. The van der Waals surface area contributed by atoms with Crippen molar-refractivity contribution in [3.05, 3.63) is 104 Å². The number of aryl methyl sites for hydroxylation is 1. The van der Waals surface area contributed by atoms with E-state index in [0.717, 1.165) is 15.7 Å². The van der Waals surface area contributed by atoms with E-state index >= 15 is 0 Å². The molecular formula is C26H28N2O8. The molecule has 2 aromatic carbocycles. The lowest BCUT2D eigenvalue weighted by atomic mass is 9.91. The van der Waals surface area contributed by atoms with Crippen LogP contribution in [0, 0.1) is 6.92 Å². The molecule has 2 fully saturated rings. The van der Waals surface area contributed by atoms with Gasteiger partial charge in [-0.15, -0.1) is 0 Å². The maximum absolute atomic E-state index is 12.6. The van der Waals surface area contributed by atoms with Crippen molar-refractivity contribution in [2.75, 3.05) is 0 Å². The third-order valence-corrected chi connectivity index (χ3v) is 6.92. The average Bonchev–Trinajstić information content (AvgIpc) is 3.28. The Balaban J connectivity index is 1.51. The quantitative estimate of drug-likeness (QED) is 0.368. The minimum atomic E-state index is -1.81. The molecule has 10 heteroatoms. The summed E-state index contributed by atoms with van der Waals surface area (Å²) >= 11 is 0. The lowest BCUT2D eigenvalue weighted by molar-refractivity contribution is -0.184. The van der Waals surface area contributed by atoms with Crippen LogP contribution >= 0.6 is 0 Å². The molecule has 3 aromatic rings. The fourth-order valence-electron chi connectivity index (χ4n) is 5.01. The van der Waals surface area contributed by atoms with E-state index in [-0.39, 0.29) is 18.8 Å². The fourth-order valence-corrected chi connectivity index (χ4v) is 5.01. The molecule has 0 amide bonds. The van der Waals surface area contributed by atoms with Crippen LogP contribution in [-0.4, -0.2) is 61.0 Å². The Morgan fingerprint density at radius 1 is 0.944 bits per heavy atom. The molecule has 190 valence electrons. The van der Waals surface area contributed by atoms with Gasteiger partial charge >= 0.3 is 5.69 Å². The number of hydrogen-bond acceptors (Lipinski definition) is 8. The number of ether oxygens (including phenoxy) is 3. The van der Waals surface area contributed by atoms with Crippen molar-refractivity contribution >= 4 is 0 Å². The molecule has 1 aliphatic carbocycles. The van der Waals surface area contributed by atoms with E-state index in [2.05, 4.69) is 4.98 Å². The number of hydrogen-bond donors (Lipinski definition) is 4. The second-order valence-electron chi connectivity index (χ2n) is 9.20. The van der Waals surface area contributed by atoms with Crippen molar-refractivity contribution in [3.63, 3.8) is 0 Å². The minimum Gasteiger partial charge on any atom is -0.387 e. The van der Waals surface area contributed by atoms with E-state index < -0.39 is 53.6 Å². The summed E-state index contributed by atoms with van der Waals surface area (Å²) in [7, 11) is 0. The predicted molar refractivity (Wildman–Crippen MR) is 127 cm³/mol. The predicted octanol–water partition coefficient (Wildman–Crippen LogP) is 0.380. The lowest BCUT2D eigenvalue weighted by Crippen LogP contribution is -2.56. The number of aliphatic hydroxyl groups is 3. The molecule has 0 unspecified atom stereocenters. The first kappa shape index (κ1) is 24.6. The molecule has 1 aromatic heterocycles. The molecule has 1 aliphatic heterocycles. The molecule has 0 spiro atoms. The van der Waals surface area contributed by atoms with Crippen LogP contribution in [-0.2, 0) is 27.4 Å². The number of aromatic amines is 1.